The smallest absolute Gasteiger partial charge is 0.243 e. The zero-order valence-electron chi connectivity index (χ0n) is 10.3. The van der Waals surface area contributed by atoms with Crippen molar-refractivity contribution < 1.29 is 13.5 Å². The van der Waals surface area contributed by atoms with Crippen LogP contribution in [-0.4, -0.2) is 37.0 Å². The van der Waals surface area contributed by atoms with Crippen molar-refractivity contribution in [3.8, 4) is 0 Å². The SMILES string of the molecule is Cc1ccc(S(=O)(=O)N2CCC(O)CC2)cc1N. The third-order valence-electron chi connectivity index (χ3n) is 3.31. The summed E-state index contributed by atoms with van der Waals surface area (Å²) in [6.07, 6.45) is 0.584. The minimum absolute atomic E-state index is 0.224. The van der Waals surface area contributed by atoms with Crippen LogP contribution in [0.4, 0.5) is 5.69 Å². The minimum atomic E-state index is -3.48. The molecule has 0 saturated carbocycles. The molecule has 2 rings (SSSR count). The quantitative estimate of drug-likeness (QED) is 0.776. The molecule has 0 unspecified atom stereocenters. The van der Waals surface area contributed by atoms with Gasteiger partial charge in [-0.1, -0.05) is 6.07 Å². The molecular weight excluding hydrogens is 252 g/mol. The maximum Gasteiger partial charge on any atom is 0.243 e. The van der Waals surface area contributed by atoms with E-state index >= 15 is 0 Å². The number of nitrogens with two attached hydrogens (primary N) is 1. The number of nitrogen functional groups attached to an aromatic ring is 1. The summed E-state index contributed by atoms with van der Waals surface area (Å²) in [5.41, 5.74) is 7.09. The van der Waals surface area contributed by atoms with Gasteiger partial charge in [-0.2, -0.15) is 4.31 Å². The number of aryl methyl sites for hydroxylation is 1. The predicted molar refractivity (Wildman–Crippen MR) is 69.6 cm³/mol. The molecule has 1 heterocycles. The Morgan fingerprint density at radius 2 is 1.94 bits per heavy atom. The van der Waals surface area contributed by atoms with Gasteiger partial charge < -0.3 is 10.8 Å². The molecule has 1 aliphatic heterocycles. The molecule has 1 aromatic carbocycles. The lowest BCUT2D eigenvalue weighted by molar-refractivity contribution is 0.113. The first-order chi connectivity index (χ1) is 8.41. The van der Waals surface area contributed by atoms with Crippen LogP contribution in [0.1, 0.15) is 18.4 Å². The zero-order valence-corrected chi connectivity index (χ0v) is 11.2. The highest BCUT2D eigenvalue weighted by atomic mass is 32.2. The topological polar surface area (TPSA) is 83.6 Å². The maximum absolute atomic E-state index is 12.3. The Morgan fingerprint density at radius 3 is 2.50 bits per heavy atom. The molecule has 1 fully saturated rings. The number of aliphatic hydroxyl groups excluding tert-OH is 1. The van der Waals surface area contributed by atoms with Crippen LogP contribution in [0.5, 0.6) is 0 Å². The minimum Gasteiger partial charge on any atom is -0.398 e. The van der Waals surface area contributed by atoms with E-state index in [9.17, 15) is 13.5 Å². The molecule has 1 aromatic rings. The Kier molecular flexibility index (Phi) is 3.61. The van der Waals surface area contributed by atoms with E-state index in [1.807, 2.05) is 6.92 Å². The molecule has 100 valence electrons. The third-order valence-corrected chi connectivity index (χ3v) is 5.21. The van der Waals surface area contributed by atoms with Gasteiger partial charge in [-0.3, -0.25) is 0 Å². The summed E-state index contributed by atoms with van der Waals surface area (Å²) < 4.78 is 26.1. The van der Waals surface area contributed by atoms with Crippen molar-refractivity contribution in [2.75, 3.05) is 18.8 Å². The number of sulfonamides is 1. The highest BCUT2D eigenvalue weighted by molar-refractivity contribution is 7.89. The van der Waals surface area contributed by atoms with E-state index in [0.29, 0.717) is 31.6 Å². The molecule has 0 spiro atoms. The summed E-state index contributed by atoms with van der Waals surface area (Å²) in [6.45, 7) is 2.55. The van der Waals surface area contributed by atoms with Crippen LogP contribution < -0.4 is 5.73 Å². The number of hydrogen-bond acceptors (Lipinski definition) is 4. The van der Waals surface area contributed by atoms with Crippen molar-refractivity contribution in [3.63, 3.8) is 0 Å². The standard InChI is InChI=1S/C12H18N2O3S/c1-9-2-3-11(8-12(9)13)18(16,17)14-6-4-10(15)5-7-14/h2-3,8,10,15H,4-7,13H2,1H3. The predicted octanol–water partition coefficient (Wildman–Crippen LogP) is 0.723. The molecule has 18 heavy (non-hydrogen) atoms. The van der Waals surface area contributed by atoms with Crippen molar-refractivity contribution in [1.29, 1.82) is 0 Å². The summed E-state index contributed by atoms with van der Waals surface area (Å²) in [7, 11) is -3.48. The van der Waals surface area contributed by atoms with Crippen LogP contribution in [0.25, 0.3) is 0 Å². The first-order valence-electron chi connectivity index (χ1n) is 5.95. The lowest BCUT2D eigenvalue weighted by atomic mass is 10.1. The molecule has 6 heteroatoms. The lowest BCUT2D eigenvalue weighted by Gasteiger charge is -2.28. The molecule has 0 radical (unpaired) electrons. The number of hydrogen-bond donors (Lipinski definition) is 2. The normalized spacial score (nSPS) is 19.0. The van der Waals surface area contributed by atoms with Gasteiger partial charge in [0.1, 0.15) is 0 Å². The number of benzene rings is 1. The van der Waals surface area contributed by atoms with Crippen LogP contribution >= 0.6 is 0 Å². The van der Waals surface area contributed by atoms with Crippen LogP contribution in [-0.2, 0) is 10.0 Å². The molecule has 0 aromatic heterocycles. The number of aliphatic hydroxyl groups is 1. The van der Waals surface area contributed by atoms with Crippen LogP contribution in [0.15, 0.2) is 23.1 Å². The molecule has 0 bridgehead atoms. The summed E-state index contributed by atoms with van der Waals surface area (Å²) in [4.78, 5) is 0.224. The van der Waals surface area contributed by atoms with E-state index in [-0.39, 0.29) is 11.0 Å². The van der Waals surface area contributed by atoms with Gasteiger partial charge in [-0.15, -0.1) is 0 Å². The number of rotatable bonds is 2. The van der Waals surface area contributed by atoms with E-state index in [1.165, 1.54) is 10.4 Å². The largest absolute Gasteiger partial charge is 0.398 e. The summed E-state index contributed by atoms with van der Waals surface area (Å²) in [6, 6.07) is 4.78. The second-order valence-corrected chi connectivity index (χ2v) is 6.59. The average molecular weight is 270 g/mol. The van der Waals surface area contributed by atoms with Gasteiger partial charge >= 0.3 is 0 Å². The molecular formula is C12H18N2O3S. The molecule has 5 nitrogen and oxygen atoms in total. The van der Waals surface area contributed by atoms with E-state index in [4.69, 9.17) is 5.73 Å². The Labute approximate surface area is 107 Å². The number of piperidine rings is 1. The average Bonchev–Trinajstić information content (AvgIpc) is 2.33. The first-order valence-corrected chi connectivity index (χ1v) is 7.39. The van der Waals surface area contributed by atoms with Gasteiger partial charge in [0.2, 0.25) is 10.0 Å². The van der Waals surface area contributed by atoms with E-state index < -0.39 is 10.0 Å². The molecule has 1 saturated heterocycles. The van der Waals surface area contributed by atoms with Crippen molar-refractivity contribution in [2.24, 2.45) is 0 Å². The molecule has 0 amide bonds. The monoisotopic (exact) mass is 270 g/mol. The van der Waals surface area contributed by atoms with Crippen LogP contribution in [0, 0.1) is 6.92 Å². The van der Waals surface area contributed by atoms with E-state index in [2.05, 4.69) is 0 Å². The van der Waals surface area contributed by atoms with Gasteiger partial charge in [0.15, 0.2) is 0 Å². The van der Waals surface area contributed by atoms with Crippen molar-refractivity contribution in [3.05, 3.63) is 23.8 Å². The van der Waals surface area contributed by atoms with Gasteiger partial charge in [-0.25, -0.2) is 8.42 Å². The van der Waals surface area contributed by atoms with Crippen LogP contribution in [0.2, 0.25) is 0 Å². The van der Waals surface area contributed by atoms with Crippen molar-refractivity contribution in [2.45, 2.75) is 30.8 Å². The fourth-order valence-electron chi connectivity index (χ4n) is 2.01. The second-order valence-electron chi connectivity index (χ2n) is 4.65. The number of nitrogens with zero attached hydrogens (tertiary/aromatic N) is 1. The summed E-state index contributed by atoms with van der Waals surface area (Å²) in [5.74, 6) is 0. The van der Waals surface area contributed by atoms with Gasteiger partial charge in [0.25, 0.3) is 0 Å². The van der Waals surface area contributed by atoms with E-state index in [0.717, 1.165) is 5.56 Å². The Morgan fingerprint density at radius 1 is 1.33 bits per heavy atom. The third kappa shape index (κ3) is 2.50. The molecule has 3 N–H and O–H groups in total. The Bertz CT molecular complexity index is 534. The Balaban J connectivity index is 2.27. The van der Waals surface area contributed by atoms with E-state index in [1.54, 1.807) is 12.1 Å². The number of anilines is 1. The fraction of sp³-hybridized carbons (Fsp3) is 0.500. The summed E-state index contributed by atoms with van der Waals surface area (Å²) in [5, 5.41) is 9.40. The first kappa shape index (κ1) is 13.3. The van der Waals surface area contributed by atoms with Crippen molar-refractivity contribution >= 4 is 15.7 Å². The summed E-state index contributed by atoms with van der Waals surface area (Å²) >= 11 is 0. The fourth-order valence-corrected chi connectivity index (χ4v) is 3.52. The molecule has 1 aliphatic rings. The zero-order chi connectivity index (χ0) is 13.3. The molecule has 0 aliphatic carbocycles. The highest BCUT2D eigenvalue weighted by Crippen LogP contribution is 2.23. The maximum atomic E-state index is 12.3. The van der Waals surface area contributed by atoms with Crippen molar-refractivity contribution in [1.82, 2.24) is 4.31 Å². The lowest BCUT2D eigenvalue weighted by Crippen LogP contribution is -2.40. The highest BCUT2D eigenvalue weighted by Gasteiger charge is 2.28. The second kappa shape index (κ2) is 4.87. The van der Waals surface area contributed by atoms with Gasteiger partial charge in [0, 0.05) is 18.8 Å². The Hall–Kier alpha value is -1.11. The van der Waals surface area contributed by atoms with Gasteiger partial charge in [0.05, 0.1) is 11.0 Å². The molecule has 0 atom stereocenters. The van der Waals surface area contributed by atoms with Gasteiger partial charge in [-0.05, 0) is 37.5 Å². The van der Waals surface area contributed by atoms with Crippen LogP contribution in [0.3, 0.4) is 0 Å².